The largest absolute Gasteiger partial charge is 0.495 e. The minimum Gasteiger partial charge on any atom is -0.495 e. The third-order valence-electron chi connectivity index (χ3n) is 2.61. The van der Waals surface area contributed by atoms with Crippen molar-refractivity contribution < 1.29 is 9.53 Å². The van der Waals surface area contributed by atoms with E-state index >= 15 is 0 Å². The van der Waals surface area contributed by atoms with E-state index in [9.17, 15) is 4.79 Å². The fourth-order valence-corrected chi connectivity index (χ4v) is 2.80. The minimum absolute atomic E-state index is 0.195. The predicted octanol–water partition coefficient (Wildman–Crippen LogP) is 3.08. The second-order valence-corrected chi connectivity index (χ2v) is 6.31. The van der Waals surface area contributed by atoms with E-state index in [0.29, 0.717) is 17.0 Å². The number of nitrogens with one attached hydrogen (secondary N) is 1. The molecule has 2 aromatic rings. The number of benzene rings is 1. The average Bonchev–Trinajstić information content (AvgIpc) is 2.92. The summed E-state index contributed by atoms with van der Waals surface area (Å²) in [6.07, 6.45) is 0. The molecular weight excluding hydrogens is 352 g/mol. The number of methoxy groups -OCH3 is 1. The molecule has 0 atom stereocenters. The van der Waals surface area contributed by atoms with Gasteiger partial charge in [-0.2, -0.15) is 0 Å². The monoisotopic (exact) mass is 364 g/mol. The van der Waals surface area contributed by atoms with Crippen molar-refractivity contribution in [2.24, 2.45) is 5.73 Å². The molecule has 4 nitrogen and oxygen atoms in total. The number of carbonyl (C=O) groups excluding carboxylic acids is 1. The number of thiophene rings is 1. The molecule has 0 radical (unpaired) electrons. The van der Waals surface area contributed by atoms with Crippen molar-refractivity contribution in [3.05, 3.63) is 44.6 Å². The first-order chi connectivity index (χ1) is 10.1. The number of hydrogen-bond acceptors (Lipinski definition) is 4. The molecule has 1 amide bonds. The molecule has 0 saturated carbocycles. The zero-order valence-corrected chi connectivity index (χ0v) is 13.7. The lowest BCUT2D eigenvalue weighted by Crippen LogP contribution is -2.11. The van der Waals surface area contributed by atoms with Crippen LogP contribution in [-0.2, 0) is 0 Å². The summed E-state index contributed by atoms with van der Waals surface area (Å²) in [6, 6.07) is 7.11. The maximum Gasteiger partial charge on any atom is 0.256 e. The highest BCUT2D eigenvalue weighted by molar-refractivity contribution is 9.11. The van der Waals surface area contributed by atoms with Crippen molar-refractivity contribution in [1.29, 1.82) is 0 Å². The predicted molar refractivity (Wildman–Crippen MR) is 88.9 cm³/mol. The standard InChI is InChI=1S/C15H13BrN2O2S/c1-20-13-5-4-10(3-2-6-17)7-12(13)18-15(19)11-8-14(16)21-9-11/h4-5,7-9H,6,17H2,1H3,(H,18,19). The molecule has 0 saturated heterocycles. The normalized spacial score (nSPS) is 9.67. The van der Waals surface area contributed by atoms with Crippen molar-refractivity contribution in [3.8, 4) is 17.6 Å². The topological polar surface area (TPSA) is 64.3 Å². The lowest BCUT2D eigenvalue weighted by Gasteiger charge is -2.10. The van der Waals surface area contributed by atoms with Crippen LogP contribution in [0.5, 0.6) is 5.75 Å². The molecule has 1 aromatic heterocycles. The summed E-state index contributed by atoms with van der Waals surface area (Å²) in [5, 5.41) is 4.61. The van der Waals surface area contributed by atoms with Crippen LogP contribution in [0.25, 0.3) is 0 Å². The Labute approximate surface area is 135 Å². The summed E-state index contributed by atoms with van der Waals surface area (Å²) in [4.78, 5) is 12.2. The summed E-state index contributed by atoms with van der Waals surface area (Å²) >= 11 is 4.79. The zero-order chi connectivity index (χ0) is 15.2. The third-order valence-corrected chi connectivity index (χ3v) is 4.12. The maximum atomic E-state index is 12.2. The van der Waals surface area contributed by atoms with E-state index in [1.54, 1.807) is 30.7 Å². The van der Waals surface area contributed by atoms with Crippen LogP contribution < -0.4 is 15.8 Å². The van der Waals surface area contributed by atoms with Gasteiger partial charge in [0.15, 0.2) is 0 Å². The lowest BCUT2D eigenvalue weighted by atomic mass is 10.1. The van der Waals surface area contributed by atoms with Crippen LogP contribution in [0.4, 0.5) is 5.69 Å². The van der Waals surface area contributed by atoms with Crippen molar-refractivity contribution >= 4 is 38.9 Å². The molecule has 21 heavy (non-hydrogen) atoms. The van der Waals surface area contributed by atoms with Gasteiger partial charge in [-0.1, -0.05) is 11.8 Å². The van der Waals surface area contributed by atoms with Crippen LogP contribution >= 0.6 is 27.3 Å². The second-order valence-electron chi connectivity index (χ2n) is 4.01. The highest BCUT2D eigenvalue weighted by Crippen LogP contribution is 2.27. The molecule has 0 fully saturated rings. The van der Waals surface area contributed by atoms with E-state index in [4.69, 9.17) is 10.5 Å². The first kappa shape index (κ1) is 15.6. The van der Waals surface area contributed by atoms with E-state index in [-0.39, 0.29) is 12.5 Å². The van der Waals surface area contributed by atoms with Gasteiger partial charge in [0.25, 0.3) is 5.91 Å². The number of ether oxygens (including phenoxy) is 1. The zero-order valence-electron chi connectivity index (χ0n) is 11.3. The van der Waals surface area contributed by atoms with Crippen molar-refractivity contribution in [2.45, 2.75) is 0 Å². The van der Waals surface area contributed by atoms with E-state index in [0.717, 1.165) is 9.35 Å². The maximum absolute atomic E-state index is 12.2. The first-order valence-electron chi connectivity index (χ1n) is 6.06. The van der Waals surface area contributed by atoms with E-state index < -0.39 is 0 Å². The fourth-order valence-electron chi connectivity index (χ4n) is 1.66. The molecular formula is C15H13BrN2O2S. The second kappa shape index (κ2) is 7.27. The number of amides is 1. The summed E-state index contributed by atoms with van der Waals surface area (Å²) in [5.41, 5.74) is 7.29. The van der Waals surface area contributed by atoms with E-state index in [2.05, 4.69) is 33.1 Å². The lowest BCUT2D eigenvalue weighted by molar-refractivity contribution is 0.102. The molecule has 1 heterocycles. The van der Waals surface area contributed by atoms with Gasteiger partial charge in [-0.15, -0.1) is 11.3 Å². The molecule has 0 spiro atoms. The molecule has 0 unspecified atom stereocenters. The molecule has 108 valence electrons. The highest BCUT2D eigenvalue weighted by atomic mass is 79.9. The molecule has 2 rings (SSSR count). The minimum atomic E-state index is -0.195. The number of halogens is 1. The Morgan fingerprint density at radius 2 is 2.29 bits per heavy atom. The van der Waals surface area contributed by atoms with Crippen LogP contribution in [0.1, 0.15) is 15.9 Å². The summed E-state index contributed by atoms with van der Waals surface area (Å²) in [7, 11) is 1.55. The van der Waals surface area contributed by atoms with Crippen LogP contribution in [0.3, 0.4) is 0 Å². The van der Waals surface area contributed by atoms with Crippen LogP contribution in [0.15, 0.2) is 33.4 Å². The molecule has 0 aliphatic rings. The Morgan fingerprint density at radius 1 is 1.48 bits per heavy atom. The number of hydrogen-bond donors (Lipinski definition) is 2. The van der Waals surface area contributed by atoms with Gasteiger partial charge in [-0.05, 0) is 40.2 Å². The quantitative estimate of drug-likeness (QED) is 0.822. The SMILES string of the molecule is COc1ccc(C#CCN)cc1NC(=O)c1csc(Br)c1. The van der Waals surface area contributed by atoms with Gasteiger partial charge >= 0.3 is 0 Å². The third kappa shape index (κ3) is 4.08. The van der Waals surface area contributed by atoms with Gasteiger partial charge in [0.05, 0.1) is 28.7 Å². The van der Waals surface area contributed by atoms with Crippen LogP contribution in [-0.4, -0.2) is 19.6 Å². The first-order valence-corrected chi connectivity index (χ1v) is 7.73. The number of anilines is 1. The van der Waals surface area contributed by atoms with Crippen LogP contribution in [0.2, 0.25) is 0 Å². The van der Waals surface area contributed by atoms with Crippen molar-refractivity contribution in [1.82, 2.24) is 0 Å². The molecule has 0 aliphatic heterocycles. The van der Waals surface area contributed by atoms with Gasteiger partial charge in [-0.25, -0.2) is 0 Å². The Balaban J connectivity index is 2.26. The fraction of sp³-hybridized carbons (Fsp3) is 0.133. The molecule has 1 aromatic carbocycles. The Kier molecular flexibility index (Phi) is 5.39. The number of carbonyl (C=O) groups is 1. The van der Waals surface area contributed by atoms with Crippen molar-refractivity contribution in [3.63, 3.8) is 0 Å². The summed E-state index contributed by atoms with van der Waals surface area (Å²) in [6.45, 7) is 0.288. The van der Waals surface area contributed by atoms with E-state index in [1.807, 2.05) is 6.07 Å². The van der Waals surface area contributed by atoms with Gasteiger partial charge in [0.2, 0.25) is 0 Å². The number of rotatable bonds is 3. The summed E-state index contributed by atoms with van der Waals surface area (Å²) in [5.74, 6) is 6.09. The van der Waals surface area contributed by atoms with Gasteiger partial charge < -0.3 is 15.8 Å². The van der Waals surface area contributed by atoms with Gasteiger partial charge in [-0.3, -0.25) is 4.79 Å². The number of nitrogens with two attached hydrogens (primary N) is 1. The van der Waals surface area contributed by atoms with Crippen LogP contribution in [0, 0.1) is 11.8 Å². The molecule has 0 aliphatic carbocycles. The van der Waals surface area contributed by atoms with Gasteiger partial charge in [0.1, 0.15) is 5.75 Å². The Bertz CT molecular complexity index is 716. The van der Waals surface area contributed by atoms with Gasteiger partial charge in [0, 0.05) is 10.9 Å². The highest BCUT2D eigenvalue weighted by Gasteiger charge is 2.11. The molecule has 6 heteroatoms. The Morgan fingerprint density at radius 3 is 2.90 bits per heavy atom. The molecule has 0 bridgehead atoms. The van der Waals surface area contributed by atoms with Crippen molar-refractivity contribution in [2.75, 3.05) is 19.0 Å². The Hall–Kier alpha value is -1.81. The molecule has 3 N–H and O–H groups in total. The average molecular weight is 365 g/mol. The smallest absolute Gasteiger partial charge is 0.256 e. The summed E-state index contributed by atoms with van der Waals surface area (Å²) < 4.78 is 6.16. The van der Waals surface area contributed by atoms with E-state index in [1.165, 1.54) is 11.3 Å².